The molecule has 13 heteroatoms. The summed E-state index contributed by atoms with van der Waals surface area (Å²) in [4.78, 5) is 10.3. The van der Waals surface area contributed by atoms with Gasteiger partial charge in [0.2, 0.25) is 0 Å². The van der Waals surface area contributed by atoms with Gasteiger partial charge in [0.25, 0.3) is 0 Å². The number of carbonyl (C=O) groups is 1. The molecule has 3 unspecified atom stereocenters. The van der Waals surface area contributed by atoms with Gasteiger partial charge in [-0.2, -0.15) is 24.4 Å². The first-order chi connectivity index (χ1) is 27.0. The maximum absolute atomic E-state index is 10.3. The van der Waals surface area contributed by atoms with Crippen LogP contribution >= 0.6 is 75.4 Å². The van der Waals surface area contributed by atoms with E-state index in [0.717, 1.165) is 28.4 Å². The molecule has 1 fully saturated rings. The Bertz CT molecular complexity index is 1340. The van der Waals surface area contributed by atoms with E-state index in [0.29, 0.717) is 34.5 Å². The summed E-state index contributed by atoms with van der Waals surface area (Å²) < 4.78 is 6.09. The van der Waals surface area contributed by atoms with E-state index in [2.05, 4.69) is 79.5 Å². The molecule has 5 N–H and O–H groups in total. The SMILES string of the molecule is CCC(C)CCl.CCC(C)CO[Si](C)(C)C(C)(C)C.CN[C@@H](C)C(C)=O.ClP(Cl)(c1ccccc1)(c1ccccc1)c1ccccc1.NC(CS)CCl.NC1CSC1. The number of thioether (sulfide) groups is 1. The molecule has 0 amide bonds. The molecule has 0 aliphatic carbocycles. The Morgan fingerprint density at radius 2 is 1.21 bits per heavy atom. The first kappa shape index (κ1) is 59.8. The molecule has 0 radical (unpaired) electrons. The van der Waals surface area contributed by atoms with Gasteiger partial charge in [0.05, 0.1) is 6.04 Å². The smallest absolute Gasteiger partial charge is 0.0383 e. The number of alkyl halides is 2. The number of nitrogens with one attached hydrogen (secondary N) is 1. The Morgan fingerprint density at radius 3 is 1.36 bits per heavy atom. The zero-order valence-electron chi connectivity index (χ0n) is 37.5. The number of ketones is 1. The zero-order valence-corrected chi connectivity index (χ0v) is 44.1. The van der Waals surface area contributed by atoms with Crippen molar-refractivity contribution in [1.29, 1.82) is 0 Å². The number of benzene rings is 3. The van der Waals surface area contributed by atoms with Crippen LogP contribution in [0.4, 0.5) is 0 Å². The molecular formula is C45H78Cl4N3O2PS2Si. The molecule has 0 spiro atoms. The van der Waals surface area contributed by atoms with E-state index in [1.165, 1.54) is 24.3 Å². The summed E-state index contributed by atoms with van der Waals surface area (Å²) in [6, 6.07) is 30.5. The van der Waals surface area contributed by atoms with E-state index in [-0.39, 0.29) is 17.9 Å². The molecular weight excluding hydrogens is 880 g/mol. The summed E-state index contributed by atoms with van der Waals surface area (Å²) in [7, 11) is 0.286. The quantitative estimate of drug-likeness (QED) is 0.0591. The molecule has 1 saturated heterocycles. The second kappa shape index (κ2) is 31.5. The van der Waals surface area contributed by atoms with Gasteiger partial charge in [-0.3, -0.25) is 4.79 Å². The number of rotatable bonds is 13. The standard InChI is InChI=1S/C18H15Cl2P.C11H26OSi.C5H11Cl.C5H11NO.C3H8ClNS.C3H7NS/c19-21(20,16-10-4-1-5-11-16,17-12-6-2-7-13-17)18-14-8-3-9-15-18;1-8-10(2)9-12-13(6,7)11(3,4)5;1-3-5(2)4-6;1-4(6-3)5(2)7;4-1-3(5)2-6;4-3-1-5-2-3/h1-15H;10H,8-9H2,1-7H3;5H,3-4H2,1-2H3;4,6H,1-3H3;3,6H,1-2,5H2;3H,1-2,4H2/t;;;4-;;/m...0../s1. The Kier molecular flexibility index (Phi) is 32.5. The van der Waals surface area contributed by atoms with E-state index >= 15 is 0 Å². The molecule has 0 bridgehead atoms. The molecule has 4 rings (SSSR count). The average Bonchev–Trinajstić information content (AvgIpc) is 3.22. The van der Waals surface area contributed by atoms with Crippen molar-refractivity contribution in [2.24, 2.45) is 23.3 Å². The van der Waals surface area contributed by atoms with Crippen molar-refractivity contribution in [3.05, 3.63) is 91.0 Å². The van der Waals surface area contributed by atoms with Crippen LogP contribution in [0, 0.1) is 11.8 Å². The van der Waals surface area contributed by atoms with Crippen LogP contribution in [0.2, 0.25) is 18.1 Å². The third-order valence-electron chi connectivity index (χ3n) is 9.96. The molecule has 0 aromatic heterocycles. The van der Waals surface area contributed by atoms with Crippen LogP contribution in [0.5, 0.6) is 0 Å². The molecule has 3 aromatic carbocycles. The maximum atomic E-state index is 10.3. The first-order valence-electron chi connectivity index (χ1n) is 20.3. The van der Waals surface area contributed by atoms with Crippen LogP contribution in [0.1, 0.15) is 75.2 Å². The fourth-order valence-electron chi connectivity index (χ4n) is 3.82. The Labute approximate surface area is 385 Å². The predicted octanol–water partition coefficient (Wildman–Crippen LogP) is 11.9. The minimum Gasteiger partial charge on any atom is -0.326 e. The maximum Gasteiger partial charge on any atom is 0.0383 e. The Morgan fingerprint density at radius 1 is 0.845 bits per heavy atom. The van der Waals surface area contributed by atoms with Crippen LogP contribution in [0.3, 0.4) is 0 Å². The van der Waals surface area contributed by atoms with Gasteiger partial charge >= 0.3 is 135 Å². The monoisotopic (exact) mass is 955 g/mol. The van der Waals surface area contributed by atoms with Gasteiger partial charge in [-0.05, 0) is 50.9 Å². The van der Waals surface area contributed by atoms with Gasteiger partial charge in [-0.1, -0.05) is 61.3 Å². The molecule has 1 heterocycles. The molecule has 3 aromatic rings. The van der Waals surface area contributed by atoms with Crippen LogP contribution in [0.15, 0.2) is 91.0 Å². The van der Waals surface area contributed by atoms with E-state index in [1.54, 1.807) is 14.0 Å². The van der Waals surface area contributed by atoms with E-state index in [1.807, 2.05) is 110 Å². The Hall–Kier alpha value is -0.323. The zero-order chi connectivity index (χ0) is 45.0. The van der Waals surface area contributed by atoms with Crippen molar-refractivity contribution in [1.82, 2.24) is 5.32 Å². The van der Waals surface area contributed by atoms with Crippen molar-refractivity contribution in [2.75, 3.05) is 42.7 Å². The van der Waals surface area contributed by atoms with Crippen LogP contribution in [-0.2, 0) is 9.22 Å². The number of likely N-dealkylation sites (N-methyl/N-ethyl adjacent to an activating group) is 1. The second-order valence-electron chi connectivity index (χ2n) is 16.2. The largest absolute Gasteiger partial charge is 0.326 e. The number of halogens is 4. The van der Waals surface area contributed by atoms with Crippen molar-refractivity contribution in [2.45, 2.75) is 111 Å². The van der Waals surface area contributed by atoms with Crippen molar-refractivity contribution in [3.8, 4) is 0 Å². The minimum atomic E-state index is -3.43. The predicted molar refractivity (Wildman–Crippen MR) is 277 cm³/mol. The van der Waals surface area contributed by atoms with Gasteiger partial charge in [0, 0.05) is 47.7 Å². The number of thiol groups is 1. The van der Waals surface area contributed by atoms with Gasteiger partial charge in [0.15, 0.2) is 8.32 Å². The van der Waals surface area contributed by atoms with Crippen molar-refractivity contribution >= 4 is 105 Å². The fraction of sp³-hybridized carbons (Fsp3) is 0.578. The van der Waals surface area contributed by atoms with Crippen molar-refractivity contribution in [3.63, 3.8) is 0 Å². The topological polar surface area (TPSA) is 90.4 Å². The summed E-state index contributed by atoms with van der Waals surface area (Å²) in [6.45, 7) is 24.6. The van der Waals surface area contributed by atoms with Crippen LogP contribution < -0.4 is 32.7 Å². The summed E-state index contributed by atoms with van der Waals surface area (Å²) in [6.07, 6.45) is 2.41. The number of hydrogen-bond acceptors (Lipinski definition) is 7. The fourth-order valence-corrected chi connectivity index (χ4v) is 11.1. The normalized spacial score (nSPS) is 15.3. The van der Waals surface area contributed by atoms with E-state index < -0.39 is 13.6 Å². The van der Waals surface area contributed by atoms with Crippen molar-refractivity contribution < 1.29 is 9.22 Å². The van der Waals surface area contributed by atoms with Gasteiger partial charge in [-0.15, -0.1) is 23.2 Å². The summed E-state index contributed by atoms with van der Waals surface area (Å²) in [5.74, 6) is 5.92. The second-order valence-corrected chi connectivity index (χ2v) is 31.0. The molecule has 0 saturated carbocycles. The molecule has 334 valence electrons. The molecule has 58 heavy (non-hydrogen) atoms. The Balaban J connectivity index is 0. The summed E-state index contributed by atoms with van der Waals surface area (Å²) >= 11 is 31.1. The van der Waals surface area contributed by atoms with Crippen LogP contribution in [-0.4, -0.2) is 74.9 Å². The number of hydrogen-bond donors (Lipinski definition) is 4. The number of nitrogens with two attached hydrogens (primary N) is 2. The first-order valence-corrected chi connectivity index (χ1v) is 30.1. The van der Waals surface area contributed by atoms with E-state index in [9.17, 15) is 4.79 Å². The average molecular weight is 958 g/mol. The van der Waals surface area contributed by atoms with Gasteiger partial charge in [-0.25, -0.2) is 0 Å². The third-order valence-corrected chi connectivity index (χ3v) is 24.3. The number of carbonyl (C=O) groups excluding carboxylic acids is 1. The van der Waals surface area contributed by atoms with E-state index in [4.69, 9.17) is 61.6 Å². The minimum absolute atomic E-state index is 0.0139. The number of Topliss-reactive ketones (excluding diaryl/α,β-unsaturated/α-hetero) is 1. The third kappa shape index (κ3) is 23.2. The summed E-state index contributed by atoms with van der Waals surface area (Å²) in [5.41, 5.74) is 10.6. The summed E-state index contributed by atoms with van der Waals surface area (Å²) in [5, 5.41) is 2.62. The molecule has 4 atom stereocenters. The van der Waals surface area contributed by atoms with Gasteiger partial charge < -0.3 is 21.2 Å². The molecule has 5 nitrogen and oxygen atoms in total. The molecule has 1 aliphatic heterocycles. The van der Waals surface area contributed by atoms with Gasteiger partial charge in [0.1, 0.15) is 5.78 Å². The van der Waals surface area contributed by atoms with Crippen LogP contribution in [0.25, 0.3) is 0 Å². The molecule has 1 aliphatic rings.